The van der Waals surface area contributed by atoms with Crippen molar-refractivity contribution in [2.24, 2.45) is 0 Å². The Hall–Kier alpha value is -1.14. The van der Waals surface area contributed by atoms with E-state index in [4.69, 9.17) is 4.74 Å². The van der Waals surface area contributed by atoms with E-state index in [1.807, 2.05) is 0 Å². The number of methoxy groups -OCH3 is 1. The van der Waals surface area contributed by atoms with E-state index in [-0.39, 0.29) is 0 Å². The van der Waals surface area contributed by atoms with Crippen molar-refractivity contribution >= 4 is 11.8 Å². The smallest absolute Gasteiger partial charge is 0.309 e. The predicted molar refractivity (Wildman–Crippen MR) is 70.3 cm³/mol. The zero-order valence-corrected chi connectivity index (χ0v) is 11.6. The average Bonchev–Trinajstić information content (AvgIpc) is 2.38. The highest BCUT2D eigenvalue weighted by molar-refractivity contribution is 6.35. The van der Waals surface area contributed by atoms with Crippen LogP contribution in [-0.4, -0.2) is 63.2 Å². The quantitative estimate of drug-likeness (QED) is 0.436. The average molecular weight is 259 g/mol. The van der Waals surface area contributed by atoms with Crippen LogP contribution in [-0.2, 0) is 14.3 Å². The third-order valence-electron chi connectivity index (χ3n) is 2.63. The molecule has 0 fully saturated rings. The van der Waals surface area contributed by atoms with E-state index in [9.17, 15) is 9.59 Å². The van der Waals surface area contributed by atoms with Crippen LogP contribution < -0.4 is 10.6 Å². The number of hydrogen-bond donors (Lipinski definition) is 2. The maximum atomic E-state index is 11.3. The van der Waals surface area contributed by atoms with Gasteiger partial charge in [0.1, 0.15) is 0 Å². The van der Waals surface area contributed by atoms with Crippen LogP contribution >= 0.6 is 0 Å². The Morgan fingerprint density at radius 3 is 2.11 bits per heavy atom. The molecule has 0 saturated carbocycles. The highest BCUT2D eigenvalue weighted by atomic mass is 16.5. The summed E-state index contributed by atoms with van der Waals surface area (Å²) in [5.74, 6) is -1.18. The largest absolute Gasteiger partial charge is 0.383 e. The van der Waals surface area contributed by atoms with Gasteiger partial charge in [-0.2, -0.15) is 0 Å². The zero-order valence-electron chi connectivity index (χ0n) is 11.6. The normalized spacial score (nSPS) is 10.4. The minimum atomic E-state index is -0.602. The molecule has 0 heterocycles. The van der Waals surface area contributed by atoms with Gasteiger partial charge in [-0.05, 0) is 26.1 Å². The van der Waals surface area contributed by atoms with Gasteiger partial charge in [0.25, 0.3) is 0 Å². The van der Waals surface area contributed by atoms with Gasteiger partial charge in [0, 0.05) is 20.2 Å². The molecule has 0 unspecified atom stereocenters. The van der Waals surface area contributed by atoms with Crippen LogP contribution in [0.5, 0.6) is 0 Å². The van der Waals surface area contributed by atoms with Gasteiger partial charge in [-0.1, -0.05) is 13.8 Å². The molecule has 0 radical (unpaired) electrons. The van der Waals surface area contributed by atoms with E-state index in [1.165, 1.54) is 0 Å². The van der Waals surface area contributed by atoms with Gasteiger partial charge in [0.2, 0.25) is 0 Å². The third kappa shape index (κ3) is 8.03. The summed E-state index contributed by atoms with van der Waals surface area (Å²) in [6, 6.07) is 0. The number of nitrogens with one attached hydrogen (secondary N) is 2. The van der Waals surface area contributed by atoms with Gasteiger partial charge in [-0.15, -0.1) is 0 Å². The molecule has 0 aliphatic rings. The number of amides is 2. The summed E-state index contributed by atoms with van der Waals surface area (Å²) < 4.78 is 4.77. The molecule has 2 amide bonds. The molecule has 0 bridgehead atoms. The molecular weight excluding hydrogens is 234 g/mol. The third-order valence-corrected chi connectivity index (χ3v) is 2.63. The van der Waals surface area contributed by atoms with Gasteiger partial charge in [-0.3, -0.25) is 9.59 Å². The Kier molecular flexibility index (Phi) is 10.3. The lowest BCUT2D eigenvalue weighted by molar-refractivity contribution is -0.139. The Balaban J connectivity index is 3.60. The highest BCUT2D eigenvalue weighted by Crippen LogP contribution is 1.89. The molecule has 0 saturated heterocycles. The van der Waals surface area contributed by atoms with E-state index in [1.54, 1.807) is 7.11 Å². The standard InChI is InChI=1S/C12H25N3O3/c1-4-15(5-2)9-6-7-13-11(16)12(17)14-8-10-18-3/h4-10H2,1-3H3,(H,13,16)(H,14,17). The molecule has 106 valence electrons. The van der Waals surface area contributed by atoms with Crippen molar-refractivity contribution in [2.45, 2.75) is 20.3 Å². The van der Waals surface area contributed by atoms with Gasteiger partial charge >= 0.3 is 11.8 Å². The summed E-state index contributed by atoms with van der Waals surface area (Å²) in [5.41, 5.74) is 0. The first-order chi connectivity index (χ1) is 8.65. The number of ether oxygens (including phenoxy) is 1. The summed E-state index contributed by atoms with van der Waals surface area (Å²) >= 11 is 0. The van der Waals surface area contributed by atoms with Crippen molar-refractivity contribution in [1.82, 2.24) is 15.5 Å². The fraction of sp³-hybridized carbons (Fsp3) is 0.833. The Labute approximate surface area is 109 Å². The van der Waals surface area contributed by atoms with Crippen molar-refractivity contribution in [1.29, 1.82) is 0 Å². The van der Waals surface area contributed by atoms with Crippen LogP contribution in [0.4, 0.5) is 0 Å². The monoisotopic (exact) mass is 259 g/mol. The molecule has 0 aromatic heterocycles. The number of rotatable bonds is 9. The summed E-state index contributed by atoms with van der Waals surface area (Å²) in [4.78, 5) is 24.9. The Morgan fingerprint density at radius 1 is 1.06 bits per heavy atom. The summed E-state index contributed by atoms with van der Waals surface area (Å²) in [7, 11) is 1.54. The van der Waals surface area contributed by atoms with E-state index in [2.05, 4.69) is 29.4 Å². The number of carbonyl (C=O) groups is 2. The maximum Gasteiger partial charge on any atom is 0.309 e. The van der Waals surface area contributed by atoms with Crippen molar-refractivity contribution in [2.75, 3.05) is 46.4 Å². The molecule has 0 aliphatic carbocycles. The summed E-state index contributed by atoms with van der Waals surface area (Å²) in [6.45, 7) is 8.41. The molecule has 0 aliphatic heterocycles. The van der Waals surface area contributed by atoms with Gasteiger partial charge < -0.3 is 20.3 Å². The van der Waals surface area contributed by atoms with E-state index >= 15 is 0 Å². The van der Waals surface area contributed by atoms with Crippen LogP contribution in [0, 0.1) is 0 Å². The van der Waals surface area contributed by atoms with E-state index in [0.717, 1.165) is 26.1 Å². The molecule has 0 atom stereocenters. The topological polar surface area (TPSA) is 70.7 Å². The fourth-order valence-corrected chi connectivity index (χ4v) is 1.47. The van der Waals surface area contributed by atoms with Gasteiger partial charge in [0.05, 0.1) is 6.61 Å². The van der Waals surface area contributed by atoms with Crippen LogP contribution in [0.1, 0.15) is 20.3 Å². The first-order valence-corrected chi connectivity index (χ1v) is 6.43. The van der Waals surface area contributed by atoms with Gasteiger partial charge in [-0.25, -0.2) is 0 Å². The number of carbonyl (C=O) groups excluding carboxylic acids is 2. The van der Waals surface area contributed by atoms with Crippen LogP contribution in [0.25, 0.3) is 0 Å². The number of hydrogen-bond acceptors (Lipinski definition) is 4. The molecule has 0 aromatic rings. The van der Waals surface area contributed by atoms with Gasteiger partial charge in [0.15, 0.2) is 0 Å². The number of nitrogens with zero attached hydrogens (tertiary/aromatic N) is 1. The minimum Gasteiger partial charge on any atom is -0.383 e. The molecule has 6 nitrogen and oxygen atoms in total. The zero-order chi connectivity index (χ0) is 13.8. The molecule has 6 heteroatoms. The Bertz CT molecular complexity index is 243. The molecule has 0 rings (SSSR count). The molecular formula is C12H25N3O3. The fourth-order valence-electron chi connectivity index (χ4n) is 1.47. The van der Waals surface area contributed by atoms with Crippen molar-refractivity contribution < 1.29 is 14.3 Å². The summed E-state index contributed by atoms with van der Waals surface area (Å²) in [6.07, 6.45) is 0.846. The SMILES string of the molecule is CCN(CC)CCCNC(=O)C(=O)NCCOC. The van der Waals surface area contributed by atoms with Crippen molar-refractivity contribution in [3.8, 4) is 0 Å². The first kappa shape index (κ1) is 16.9. The van der Waals surface area contributed by atoms with Crippen LogP contribution in [0.3, 0.4) is 0 Å². The lowest BCUT2D eigenvalue weighted by atomic mass is 10.3. The molecule has 0 aromatic carbocycles. The maximum absolute atomic E-state index is 11.3. The lowest BCUT2D eigenvalue weighted by Gasteiger charge is -2.17. The minimum absolute atomic E-state index is 0.349. The van der Waals surface area contributed by atoms with E-state index in [0.29, 0.717) is 19.7 Å². The van der Waals surface area contributed by atoms with Crippen molar-refractivity contribution in [3.63, 3.8) is 0 Å². The predicted octanol–water partition coefficient (Wildman–Crippen LogP) is -0.403. The first-order valence-electron chi connectivity index (χ1n) is 6.43. The molecule has 2 N–H and O–H groups in total. The second-order valence-electron chi connectivity index (χ2n) is 3.89. The van der Waals surface area contributed by atoms with Crippen LogP contribution in [0.15, 0.2) is 0 Å². The molecule has 18 heavy (non-hydrogen) atoms. The van der Waals surface area contributed by atoms with Crippen LogP contribution in [0.2, 0.25) is 0 Å². The molecule has 0 spiro atoms. The highest BCUT2D eigenvalue weighted by Gasteiger charge is 2.11. The summed E-state index contributed by atoms with van der Waals surface area (Å²) in [5, 5.41) is 5.06. The lowest BCUT2D eigenvalue weighted by Crippen LogP contribution is -2.41. The van der Waals surface area contributed by atoms with E-state index < -0.39 is 11.8 Å². The van der Waals surface area contributed by atoms with Crippen molar-refractivity contribution in [3.05, 3.63) is 0 Å². The second kappa shape index (κ2) is 11.0. The Morgan fingerprint density at radius 2 is 1.61 bits per heavy atom. The second-order valence-corrected chi connectivity index (χ2v) is 3.89.